The first-order chi connectivity index (χ1) is 13.3. The Morgan fingerprint density at radius 2 is 1.63 bits per heavy atom. The predicted octanol–water partition coefficient (Wildman–Crippen LogP) is 5.28. The lowest BCUT2D eigenvalue weighted by Crippen LogP contribution is -2.17. The molecule has 0 atom stereocenters. The van der Waals surface area contributed by atoms with E-state index < -0.39 is 5.92 Å². The van der Waals surface area contributed by atoms with Crippen LogP contribution in [-0.4, -0.2) is 11.0 Å². The van der Waals surface area contributed by atoms with E-state index in [0.717, 1.165) is 16.0 Å². The zero-order valence-electron chi connectivity index (χ0n) is 14.4. The molecule has 0 fully saturated rings. The Labute approximate surface area is 161 Å². The van der Waals surface area contributed by atoms with Crippen LogP contribution in [0.1, 0.15) is 22.7 Å². The summed E-state index contributed by atoms with van der Waals surface area (Å²) in [6.07, 6.45) is 1.53. The number of rotatable bonds is 6. The smallest absolute Gasteiger partial charge is 0.318 e. The number of aromatic nitrogens is 1. The van der Waals surface area contributed by atoms with Crippen molar-refractivity contribution >= 4 is 17.3 Å². The van der Waals surface area contributed by atoms with Crippen molar-refractivity contribution in [1.82, 2.24) is 4.98 Å². The van der Waals surface area contributed by atoms with E-state index >= 15 is 0 Å². The van der Waals surface area contributed by atoms with E-state index in [2.05, 4.69) is 4.98 Å². The van der Waals surface area contributed by atoms with E-state index in [0.29, 0.717) is 11.6 Å². The van der Waals surface area contributed by atoms with E-state index in [9.17, 15) is 4.79 Å². The van der Waals surface area contributed by atoms with Crippen molar-refractivity contribution in [3.05, 3.63) is 101 Å². The van der Waals surface area contributed by atoms with Crippen molar-refractivity contribution in [2.24, 2.45) is 0 Å². The zero-order valence-corrected chi connectivity index (χ0v) is 15.3. The molecule has 5 heteroatoms. The van der Waals surface area contributed by atoms with Crippen molar-refractivity contribution in [3.63, 3.8) is 0 Å². The Balaban J connectivity index is 1.51. The fourth-order valence-electron chi connectivity index (χ4n) is 2.87. The molecule has 0 amide bonds. The number of thiophene rings is 1. The van der Waals surface area contributed by atoms with Gasteiger partial charge in [0, 0.05) is 0 Å². The minimum atomic E-state index is -0.476. The van der Waals surface area contributed by atoms with Gasteiger partial charge < -0.3 is 9.15 Å². The van der Waals surface area contributed by atoms with Gasteiger partial charge in [-0.3, -0.25) is 4.79 Å². The molecular formula is C22H17NO3S. The van der Waals surface area contributed by atoms with E-state index in [-0.39, 0.29) is 12.6 Å². The number of oxazole rings is 1. The normalized spacial score (nSPS) is 10.9. The topological polar surface area (TPSA) is 52.3 Å². The minimum Gasteiger partial charge on any atom is -0.458 e. The summed E-state index contributed by atoms with van der Waals surface area (Å²) in [4.78, 5) is 18.2. The van der Waals surface area contributed by atoms with Gasteiger partial charge >= 0.3 is 5.97 Å². The zero-order chi connectivity index (χ0) is 18.5. The molecule has 0 radical (unpaired) electrons. The van der Waals surface area contributed by atoms with Crippen LogP contribution in [-0.2, 0) is 16.1 Å². The second-order valence-corrected chi connectivity index (χ2v) is 6.93. The number of hydrogen-bond acceptors (Lipinski definition) is 5. The molecule has 0 bridgehead atoms. The summed E-state index contributed by atoms with van der Waals surface area (Å²) >= 11 is 1.55. The summed E-state index contributed by atoms with van der Waals surface area (Å²) < 4.78 is 11.1. The van der Waals surface area contributed by atoms with Gasteiger partial charge in [0.05, 0.1) is 4.88 Å². The Kier molecular flexibility index (Phi) is 5.12. The highest BCUT2D eigenvalue weighted by atomic mass is 32.1. The molecule has 0 N–H and O–H groups in total. The molecule has 27 heavy (non-hydrogen) atoms. The minimum absolute atomic E-state index is 0.0733. The van der Waals surface area contributed by atoms with Gasteiger partial charge in [-0.05, 0) is 22.6 Å². The lowest BCUT2D eigenvalue weighted by Gasteiger charge is -2.16. The van der Waals surface area contributed by atoms with Crippen molar-refractivity contribution < 1.29 is 13.9 Å². The van der Waals surface area contributed by atoms with Gasteiger partial charge in [-0.2, -0.15) is 0 Å². The molecule has 0 unspecified atom stereocenters. The van der Waals surface area contributed by atoms with Crippen molar-refractivity contribution in [2.75, 3.05) is 0 Å². The van der Waals surface area contributed by atoms with E-state index in [1.54, 1.807) is 11.3 Å². The van der Waals surface area contributed by atoms with E-state index in [1.165, 1.54) is 6.26 Å². The molecule has 0 aliphatic rings. The molecule has 0 spiro atoms. The Morgan fingerprint density at radius 3 is 2.22 bits per heavy atom. The number of benzene rings is 2. The molecule has 4 nitrogen and oxygen atoms in total. The summed E-state index contributed by atoms with van der Waals surface area (Å²) in [5.41, 5.74) is 2.38. The summed E-state index contributed by atoms with van der Waals surface area (Å²) in [7, 11) is 0. The maximum Gasteiger partial charge on any atom is 0.318 e. The molecule has 0 aliphatic carbocycles. The van der Waals surface area contributed by atoms with Gasteiger partial charge in [0.25, 0.3) is 0 Å². The maximum atomic E-state index is 12.9. The average molecular weight is 375 g/mol. The Bertz CT molecular complexity index is 955. The first-order valence-corrected chi connectivity index (χ1v) is 9.44. The quantitative estimate of drug-likeness (QED) is 0.430. The fraction of sp³-hybridized carbons (Fsp3) is 0.0909. The SMILES string of the molecule is O=C(OCc1coc(-c2cccs2)n1)C(c1ccccc1)c1ccccc1. The number of carbonyl (C=O) groups excluding carboxylic acids is 1. The van der Waals surface area contributed by atoms with Crippen molar-refractivity contribution in [1.29, 1.82) is 0 Å². The molecule has 0 saturated heterocycles. The van der Waals surface area contributed by atoms with Crippen LogP contribution in [0, 0.1) is 0 Å². The highest BCUT2D eigenvalue weighted by Crippen LogP contribution is 2.27. The lowest BCUT2D eigenvalue weighted by molar-refractivity contribution is -0.145. The van der Waals surface area contributed by atoms with Crippen molar-refractivity contribution in [2.45, 2.75) is 12.5 Å². The Hall–Kier alpha value is -3.18. The van der Waals surface area contributed by atoms with Crippen LogP contribution in [0.5, 0.6) is 0 Å². The van der Waals surface area contributed by atoms with Crippen LogP contribution in [0.15, 0.2) is 88.9 Å². The molecule has 4 aromatic rings. The van der Waals surface area contributed by atoms with Gasteiger partial charge in [0.1, 0.15) is 24.5 Å². The standard InChI is InChI=1S/C22H17NO3S/c24-22(26-15-18-14-25-21(23-18)19-12-7-13-27-19)20(16-8-3-1-4-9-16)17-10-5-2-6-11-17/h1-14,20H,15H2. The average Bonchev–Trinajstić information content (AvgIpc) is 3.40. The second kappa shape index (κ2) is 8.01. The fourth-order valence-corrected chi connectivity index (χ4v) is 3.53. The lowest BCUT2D eigenvalue weighted by atomic mass is 9.91. The highest BCUT2D eigenvalue weighted by molar-refractivity contribution is 7.13. The van der Waals surface area contributed by atoms with Gasteiger partial charge in [-0.1, -0.05) is 66.7 Å². The van der Waals surface area contributed by atoms with E-state index in [1.807, 2.05) is 78.2 Å². The molecule has 4 rings (SSSR count). The second-order valence-electron chi connectivity index (χ2n) is 5.98. The van der Waals surface area contributed by atoms with Gasteiger partial charge in [-0.15, -0.1) is 11.3 Å². The first-order valence-electron chi connectivity index (χ1n) is 8.56. The summed E-state index contributed by atoms with van der Waals surface area (Å²) in [6, 6.07) is 23.2. The molecule has 134 valence electrons. The first kappa shape index (κ1) is 17.2. The predicted molar refractivity (Wildman–Crippen MR) is 104 cm³/mol. The monoisotopic (exact) mass is 375 g/mol. The summed E-state index contributed by atoms with van der Waals surface area (Å²) in [5.74, 6) is -0.247. The third kappa shape index (κ3) is 3.99. The summed E-state index contributed by atoms with van der Waals surface area (Å²) in [6.45, 7) is 0.0733. The molecule has 2 aromatic heterocycles. The molecular weight excluding hydrogens is 358 g/mol. The molecule has 0 saturated carbocycles. The number of carbonyl (C=O) groups is 1. The number of hydrogen-bond donors (Lipinski definition) is 0. The largest absolute Gasteiger partial charge is 0.458 e. The molecule has 0 aliphatic heterocycles. The molecule has 2 heterocycles. The van der Waals surface area contributed by atoms with Gasteiger partial charge in [0.15, 0.2) is 0 Å². The van der Waals surface area contributed by atoms with Gasteiger partial charge in [0.2, 0.25) is 5.89 Å². The van der Waals surface area contributed by atoms with Crippen LogP contribution >= 0.6 is 11.3 Å². The third-order valence-electron chi connectivity index (χ3n) is 4.15. The number of ether oxygens (including phenoxy) is 1. The highest BCUT2D eigenvalue weighted by Gasteiger charge is 2.24. The maximum absolute atomic E-state index is 12.9. The molecule has 2 aromatic carbocycles. The van der Waals surface area contributed by atoms with Crippen LogP contribution < -0.4 is 0 Å². The van der Waals surface area contributed by atoms with Crippen molar-refractivity contribution in [3.8, 4) is 10.8 Å². The van der Waals surface area contributed by atoms with Gasteiger partial charge in [-0.25, -0.2) is 4.98 Å². The van der Waals surface area contributed by atoms with Crippen LogP contribution in [0.3, 0.4) is 0 Å². The number of esters is 1. The van der Waals surface area contributed by atoms with Crippen LogP contribution in [0.2, 0.25) is 0 Å². The third-order valence-corrected chi connectivity index (χ3v) is 5.01. The van der Waals surface area contributed by atoms with Crippen LogP contribution in [0.25, 0.3) is 10.8 Å². The number of nitrogens with zero attached hydrogens (tertiary/aromatic N) is 1. The Morgan fingerprint density at radius 1 is 0.963 bits per heavy atom. The van der Waals surface area contributed by atoms with E-state index in [4.69, 9.17) is 9.15 Å². The summed E-state index contributed by atoms with van der Waals surface area (Å²) in [5, 5.41) is 1.96. The van der Waals surface area contributed by atoms with Crippen LogP contribution in [0.4, 0.5) is 0 Å².